The quantitative estimate of drug-likeness (QED) is 0.770. The summed E-state index contributed by atoms with van der Waals surface area (Å²) in [6.45, 7) is 1.73. The fourth-order valence-electron chi connectivity index (χ4n) is 1.78. The third kappa shape index (κ3) is 2.82. The van der Waals surface area contributed by atoms with Gasteiger partial charge in [-0.25, -0.2) is 0 Å². The topological polar surface area (TPSA) is 98.1 Å². The van der Waals surface area contributed by atoms with Crippen LogP contribution in [-0.2, 0) is 12.8 Å². The maximum atomic E-state index is 9.22. The van der Waals surface area contributed by atoms with E-state index in [9.17, 15) is 5.11 Å². The van der Waals surface area contributed by atoms with Gasteiger partial charge in [-0.2, -0.15) is 9.97 Å². The zero-order valence-electron chi connectivity index (χ0n) is 10.8. The smallest absolute Gasteiger partial charge is 0.231 e. The van der Waals surface area contributed by atoms with Gasteiger partial charge in [-0.05, 0) is 17.7 Å². The number of rotatable bonds is 4. The third-order valence-corrected chi connectivity index (χ3v) is 2.69. The summed E-state index contributed by atoms with van der Waals surface area (Å²) < 4.78 is 10.0. The van der Waals surface area contributed by atoms with Crippen LogP contribution < -0.4 is 0 Å². The van der Waals surface area contributed by atoms with Crippen molar-refractivity contribution >= 4 is 0 Å². The van der Waals surface area contributed by atoms with E-state index in [1.165, 1.54) is 0 Å². The molecular weight excluding hydrogens is 260 g/mol. The molecule has 2 aromatic heterocycles. The molecule has 0 radical (unpaired) electrons. The molecule has 0 atom stereocenters. The monoisotopic (exact) mass is 272 g/mol. The van der Waals surface area contributed by atoms with Crippen molar-refractivity contribution in [3.05, 3.63) is 53.3 Å². The minimum absolute atomic E-state index is 0.229. The van der Waals surface area contributed by atoms with Crippen LogP contribution >= 0.6 is 0 Å². The Kier molecular flexibility index (Phi) is 3.16. The highest BCUT2D eigenvalue weighted by Gasteiger charge is 2.11. The fraction of sp³-hybridized carbons (Fsp3) is 0.231. The van der Waals surface area contributed by atoms with Crippen molar-refractivity contribution in [2.24, 2.45) is 0 Å². The highest BCUT2D eigenvalue weighted by molar-refractivity contribution is 5.27. The lowest BCUT2D eigenvalue weighted by molar-refractivity contribution is 0.377. The van der Waals surface area contributed by atoms with Crippen LogP contribution in [0.4, 0.5) is 0 Å². The first kappa shape index (κ1) is 12.3. The molecule has 3 aromatic rings. The van der Waals surface area contributed by atoms with Crippen molar-refractivity contribution in [2.75, 3.05) is 0 Å². The molecule has 20 heavy (non-hydrogen) atoms. The molecule has 7 heteroatoms. The second kappa shape index (κ2) is 5.12. The summed E-state index contributed by atoms with van der Waals surface area (Å²) in [7, 11) is 0. The lowest BCUT2D eigenvalue weighted by atomic mass is 10.1. The molecule has 102 valence electrons. The second-order valence-electron chi connectivity index (χ2n) is 4.35. The molecule has 7 nitrogen and oxygen atoms in total. The van der Waals surface area contributed by atoms with E-state index in [0.29, 0.717) is 36.3 Å². The van der Waals surface area contributed by atoms with Crippen LogP contribution in [-0.4, -0.2) is 25.4 Å². The number of aromatic hydroxyl groups is 1. The van der Waals surface area contributed by atoms with Crippen LogP contribution in [0.5, 0.6) is 5.75 Å². The molecule has 1 N–H and O–H groups in total. The van der Waals surface area contributed by atoms with Crippen LogP contribution in [0.15, 0.2) is 33.3 Å². The Morgan fingerprint density at radius 3 is 2.35 bits per heavy atom. The lowest BCUT2D eigenvalue weighted by Gasteiger charge is -1.96. The summed E-state index contributed by atoms with van der Waals surface area (Å²) in [4.78, 5) is 8.35. The summed E-state index contributed by atoms with van der Waals surface area (Å²) in [5.41, 5.74) is 0.980. The van der Waals surface area contributed by atoms with Gasteiger partial charge in [0, 0.05) is 6.92 Å². The predicted octanol–water partition coefficient (Wildman–Crippen LogP) is 1.65. The van der Waals surface area contributed by atoms with Crippen molar-refractivity contribution in [3.63, 3.8) is 0 Å². The van der Waals surface area contributed by atoms with E-state index < -0.39 is 0 Å². The van der Waals surface area contributed by atoms with E-state index >= 15 is 0 Å². The third-order valence-electron chi connectivity index (χ3n) is 2.69. The predicted molar refractivity (Wildman–Crippen MR) is 67.1 cm³/mol. The van der Waals surface area contributed by atoms with Gasteiger partial charge >= 0.3 is 0 Å². The summed E-state index contributed by atoms with van der Waals surface area (Å²) >= 11 is 0. The highest BCUT2D eigenvalue weighted by Crippen LogP contribution is 2.13. The van der Waals surface area contributed by atoms with Crippen molar-refractivity contribution in [1.82, 2.24) is 20.3 Å². The van der Waals surface area contributed by atoms with Gasteiger partial charge in [-0.3, -0.25) is 0 Å². The lowest BCUT2D eigenvalue weighted by Crippen LogP contribution is -1.94. The molecule has 0 unspecified atom stereocenters. The minimum atomic E-state index is 0.229. The first-order chi connectivity index (χ1) is 9.69. The van der Waals surface area contributed by atoms with E-state index in [1.807, 2.05) is 12.1 Å². The molecule has 3 rings (SSSR count). The molecule has 0 saturated heterocycles. The molecule has 0 amide bonds. The van der Waals surface area contributed by atoms with E-state index in [4.69, 9.17) is 9.05 Å². The SMILES string of the molecule is Cc1nc(Cc2noc(Cc3ccc(O)cc3)n2)no1. The Morgan fingerprint density at radius 2 is 1.65 bits per heavy atom. The standard InChI is InChI=1S/C13H12N4O3/c1-8-14-11(16-19-8)7-12-15-13(20-17-12)6-9-2-4-10(18)5-3-9/h2-5,18H,6-7H2,1H3. The maximum Gasteiger partial charge on any atom is 0.231 e. The number of hydrogen-bond acceptors (Lipinski definition) is 7. The van der Waals surface area contributed by atoms with E-state index in [1.54, 1.807) is 19.1 Å². The Labute approximate surface area is 114 Å². The van der Waals surface area contributed by atoms with Crippen molar-refractivity contribution < 1.29 is 14.2 Å². The minimum Gasteiger partial charge on any atom is -0.508 e. The van der Waals surface area contributed by atoms with Gasteiger partial charge in [-0.15, -0.1) is 0 Å². The van der Waals surface area contributed by atoms with Crippen molar-refractivity contribution in [3.8, 4) is 5.75 Å². The van der Waals surface area contributed by atoms with Crippen molar-refractivity contribution in [2.45, 2.75) is 19.8 Å². The van der Waals surface area contributed by atoms with E-state index in [2.05, 4.69) is 20.3 Å². The summed E-state index contributed by atoms with van der Waals surface area (Å²) in [6, 6.07) is 6.85. The molecule has 2 heterocycles. The van der Waals surface area contributed by atoms with Gasteiger partial charge in [0.15, 0.2) is 11.6 Å². The highest BCUT2D eigenvalue weighted by atomic mass is 16.5. The summed E-state index contributed by atoms with van der Waals surface area (Å²) in [5, 5.41) is 16.9. The molecule has 1 aromatic carbocycles. The van der Waals surface area contributed by atoms with Crippen LogP contribution in [0.3, 0.4) is 0 Å². The number of benzene rings is 1. The van der Waals surface area contributed by atoms with Crippen LogP contribution in [0.1, 0.15) is 29.0 Å². The summed E-state index contributed by atoms with van der Waals surface area (Å²) in [5.74, 6) is 2.28. The van der Waals surface area contributed by atoms with Gasteiger partial charge in [-0.1, -0.05) is 22.4 Å². The Morgan fingerprint density at radius 1 is 0.950 bits per heavy atom. The summed E-state index contributed by atoms with van der Waals surface area (Å²) in [6.07, 6.45) is 0.884. The Balaban J connectivity index is 1.68. The number of aromatic nitrogens is 4. The zero-order chi connectivity index (χ0) is 13.9. The van der Waals surface area contributed by atoms with Gasteiger partial charge in [0.2, 0.25) is 11.8 Å². The Hall–Kier alpha value is -2.70. The number of phenols is 1. The Bertz CT molecular complexity index is 702. The van der Waals surface area contributed by atoms with E-state index in [0.717, 1.165) is 5.56 Å². The average molecular weight is 272 g/mol. The molecule has 0 aliphatic carbocycles. The zero-order valence-corrected chi connectivity index (χ0v) is 10.8. The maximum absolute atomic E-state index is 9.22. The van der Waals surface area contributed by atoms with Crippen LogP contribution in [0.25, 0.3) is 0 Å². The van der Waals surface area contributed by atoms with Crippen LogP contribution in [0, 0.1) is 6.92 Å². The normalized spacial score (nSPS) is 10.8. The van der Waals surface area contributed by atoms with Crippen molar-refractivity contribution in [1.29, 1.82) is 0 Å². The fourth-order valence-corrected chi connectivity index (χ4v) is 1.78. The van der Waals surface area contributed by atoms with Gasteiger partial charge in [0.1, 0.15) is 5.75 Å². The number of hydrogen-bond donors (Lipinski definition) is 1. The second-order valence-corrected chi connectivity index (χ2v) is 4.35. The van der Waals surface area contributed by atoms with Gasteiger partial charge in [0.05, 0.1) is 12.8 Å². The largest absolute Gasteiger partial charge is 0.508 e. The van der Waals surface area contributed by atoms with Gasteiger partial charge < -0.3 is 14.2 Å². The van der Waals surface area contributed by atoms with Gasteiger partial charge in [0.25, 0.3) is 0 Å². The molecule has 0 aliphatic rings. The first-order valence-electron chi connectivity index (χ1n) is 6.07. The van der Waals surface area contributed by atoms with E-state index in [-0.39, 0.29) is 5.75 Å². The molecule has 0 bridgehead atoms. The molecule has 0 aliphatic heterocycles. The molecular formula is C13H12N4O3. The number of phenolic OH excluding ortho intramolecular Hbond substituents is 1. The molecule has 0 saturated carbocycles. The number of aryl methyl sites for hydroxylation is 1. The first-order valence-corrected chi connectivity index (χ1v) is 6.07. The molecule has 0 fully saturated rings. The number of nitrogens with zero attached hydrogens (tertiary/aromatic N) is 4. The van der Waals surface area contributed by atoms with Crippen LogP contribution in [0.2, 0.25) is 0 Å². The average Bonchev–Trinajstić information content (AvgIpc) is 3.02. The molecule has 0 spiro atoms.